The fraction of sp³-hybridized carbons (Fsp3) is 0.0667. The fourth-order valence-corrected chi connectivity index (χ4v) is 1.68. The molecule has 20 heavy (non-hydrogen) atoms. The molecule has 0 aromatic heterocycles. The Morgan fingerprint density at radius 2 is 1.75 bits per heavy atom. The van der Waals surface area contributed by atoms with Crippen molar-refractivity contribution in [1.82, 2.24) is 5.32 Å². The van der Waals surface area contributed by atoms with E-state index in [0.717, 1.165) is 11.6 Å². The standard InChI is InChI=1S/C15H12FNO3/c16-13-3-1-2-12(8-13)14(18)17-9-10-4-6-11(7-5-10)15(19)20/h1-8H,9H2,(H,17,18)(H,19,20). The Hall–Kier alpha value is -2.69. The minimum absolute atomic E-state index is 0.185. The molecule has 2 rings (SSSR count). The Morgan fingerprint density at radius 1 is 1.05 bits per heavy atom. The molecule has 0 atom stereocenters. The first kappa shape index (κ1) is 13.7. The molecule has 0 bridgehead atoms. The number of carbonyl (C=O) groups is 2. The highest BCUT2D eigenvalue weighted by molar-refractivity contribution is 5.94. The highest BCUT2D eigenvalue weighted by Crippen LogP contribution is 2.06. The molecule has 0 unspecified atom stereocenters. The number of carboxylic acid groups (broad SMARTS) is 1. The van der Waals surface area contributed by atoms with Crippen LogP contribution in [-0.2, 0) is 6.54 Å². The number of hydrogen-bond acceptors (Lipinski definition) is 2. The van der Waals surface area contributed by atoms with E-state index in [1.165, 1.54) is 30.3 Å². The van der Waals surface area contributed by atoms with Gasteiger partial charge >= 0.3 is 5.97 Å². The second kappa shape index (κ2) is 5.97. The molecule has 0 heterocycles. The van der Waals surface area contributed by atoms with Crippen LogP contribution in [0.1, 0.15) is 26.3 Å². The van der Waals surface area contributed by atoms with Crippen molar-refractivity contribution in [3.8, 4) is 0 Å². The Balaban J connectivity index is 1.98. The predicted octanol–water partition coefficient (Wildman–Crippen LogP) is 2.45. The first-order chi connectivity index (χ1) is 9.56. The number of nitrogens with one attached hydrogen (secondary N) is 1. The molecular weight excluding hydrogens is 261 g/mol. The van der Waals surface area contributed by atoms with Crippen molar-refractivity contribution in [2.24, 2.45) is 0 Å². The highest BCUT2D eigenvalue weighted by Gasteiger charge is 2.06. The number of benzene rings is 2. The van der Waals surface area contributed by atoms with E-state index in [0.29, 0.717) is 0 Å². The highest BCUT2D eigenvalue weighted by atomic mass is 19.1. The molecule has 0 aliphatic rings. The van der Waals surface area contributed by atoms with Gasteiger partial charge in [-0.2, -0.15) is 0 Å². The first-order valence-electron chi connectivity index (χ1n) is 5.92. The summed E-state index contributed by atoms with van der Waals surface area (Å²) in [6, 6.07) is 11.6. The lowest BCUT2D eigenvalue weighted by atomic mass is 10.1. The molecule has 0 radical (unpaired) electrons. The second-order valence-electron chi connectivity index (χ2n) is 4.20. The van der Waals surface area contributed by atoms with Crippen molar-refractivity contribution >= 4 is 11.9 Å². The Morgan fingerprint density at radius 3 is 2.35 bits per heavy atom. The van der Waals surface area contributed by atoms with Gasteiger partial charge in [0.25, 0.3) is 5.91 Å². The van der Waals surface area contributed by atoms with Crippen molar-refractivity contribution in [2.75, 3.05) is 0 Å². The van der Waals surface area contributed by atoms with Crippen LogP contribution in [0.4, 0.5) is 4.39 Å². The summed E-state index contributed by atoms with van der Waals surface area (Å²) < 4.78 is 13.0. The summed E-state index contributed by atoms with van der Waals surface area (Å²) in [4.78, 5) is 22.5. The molecule has 0 aliphatic heterocycles. The Labute approximate surface area is 114 Å². The maximum absolute atomic E-state index is 13.0. The quantitative estimate of drug-likeness (QED) is 0.899. The topological polar surface area (TPSA) is 66.4 Å². The van der Waals surface area contributed by atoms with Crippen LogP contribution in [0, 0.1) is 5.82 Å². The van der Waals surface area contributed by atoms with E-state index in [9.17, 15) is 14.0 Å². The minimum atomic E-state index is -1.000. The van der Waals surface area contributed by atoms with Gasteiger partial charge in [-0.15, -0.1) is 0 Å². The van der Waals surface area contributed by atoms with E-state index < -0.39 is 11.8 Å². The maximum Gasteiger partial charge on any atom is 0.335 e. The van der Waals surface area contributed by atoms with Crippen LogP contribution in [-0.4, -0.2) is 17.0 Å². The molecule has 4 nitrogen and oxygen atoms in total. The van der Waals surface area contributed by atoms with Crippen LogP contribution in [0.15, 0.2) is 48.5 Å². The fourth-order valence-electron chi connectivity index (χ4n) is 1.68. The smallest absolute Gasteiger partial charge is 0.335 e. The monoisotopic (exact) mass is 273 g/mol. The van der Waals surface area contributed by atoms with Crippen molar-refractivity contribution in [1.29, 1.82) is 0 Å². The molecule has 2 aromatic carbocycles. The Kier molecular flexibility index (Phi) is 4.10. The van der Waals surface area contributed by atoms with Gasteiger partial charge in [0, 0.05) is 12.1 Å². The molecule has 2 aromatic rings. The third-order valence-electron chi connectivity index (χ3n) is 2.74. The second-order valence-corrected chi connectivity index (χ2v) is 4.20. The van der Waals surface area contributed by atoms with Crippen molar-refractivity contribution < 1.29 is 19.1 Å². The third kappa shape index (κ3) is 3.41. The molecular formula is C15H12FNO3. The molecule has 0 fully saturated rings. The zero-order valence-corrected chi connectivity index (χ0v) is 10.5. The van der Waals surface area contributed by atoms with E-state index in [4.69, 9.17) is 5.11 Å². The summed E-state index contributed by atoms with van der Waals surface area (Å²) in [5.41, 5.74) is 1.19. The lowest BCUT2D eigenvalue weighted by Gasteiger charge is -2.06. The van der Waals surface area contributed by atoms with Crippen LogP contribution < -0.4 is 5.32 Å². The van der Waals surface area contributed by atoms with E-state index in [-0.39, 0.29) is 23.6 Å². The molecule has 5 heteroatoms. The van der Waals surface area contributed by atoms with Gasteiger partial charge in [0.15, 0.2) is 0 Å². The summed E-state index contributed by atoms with van der Waals surface area (Å²) in [6.45, 7) is 0.245. The molecule has 0 aliphatic carbocycles. The number of amides is 1. The lowest BCUT2D eigenvalue weighted by molar-refractivity contribution is 0.0696. The summed E-state index contributed by atoms with van der Waals surface area (Å²) in [5, 5.41) is 11.4. The van der Waals surface area contributed by atoms with Crippen LogP contribution in [0.25, 0.3) is 0 Å². The van der Waals surface area contributed by atoms with Crippen LogP contribution in [0.3, 0.4) is 0 Å². The zero-order valence-electron chi connectivity index (χ0n) is 10.5. The van der Waals surface area contributed by atoms with Crippen molar-refractivity contribution in [3.05, 3.63) is 71.0 Å². The van der Waals surface area contributed by atoms with E-state index in [2.05, 4.69) is 5.32 Å². The van der Waals surface area contributed by atoms with E-state index in [1.54, 1.807) is 12.1 Å². The van der Waals surface area contributed by atoms with Gasteiger partial charge in [0.05, 0.1) is 5.56 Å². The molecule has 1 amide bonds. The SMILES string of the molecule is O=C(O)c1ccc(CNC(=O)c2cccc(F)c2)cc1. The van der Waals surface area contributed by atoms with Crippen LogP contribution >= 0.6 is 0 Å². The van der Waals surface area contributed by atoms with Crippen LogP contribution in [0.2, 0.25) is 0 Å². The average molecular weight is 273 g/mol. The van der Waals surface area contributed by atoms with Crippen LogP contribution in [0.5, 0.6) is 0 Å². The summed E-state index contributed by atoms with van der Waals surface area (Å²) >= 11 is 0. The molecule has 0 spiro atoms. The van der Waals surface area contributed by atoms with Crippen molar-refractivity contribution in [2.45, 2.75) is 6.54 Å². The van der Waals surface area contributed by atoms with Gasteiger partial charge in [-0.25, -0.2) is 9.18 Å². The lowest BCUT2D eigenvalue weighted by Crippen LogP contribution is -2.22. The maximum atomic E-state index is 13.0. The van der Waals surface area contributed by atoms with Gasteiger partial charge in [0.1, 0.15) is 5.82 Å². The largest absolute Gasteiger partial charge is 0.478 e. The zero-order chi connectivity index (χ0) is 14.5. The summed E-state index contributed by atoms with van der Waals surface area (Å²) in [5.74, 6) is -1.85. The number of aromatic carboxylic acids is 1. The number of halogens is 1. The number of hydrogen-bond donors (Lipinski definition) is 2. The molecule has 0 saturated carbocycles. The number of rotatable bonds is 4. The first-order valence-corrected chi connectivity index (χ1v) is 5.92. The van der Waals surface area contributed by atoms with Crippen molar-refractivity contribution in [3.63, 3.8) is 0 Å². The normalized spacial score (nSPS) is 10.1. The number of carboxylic acids is 1. The van der Waals surface area contributed by atoms with Gasteiger partial charge < -0.3 is 10.4 Å². The molecule has 0 saturated heterocycles. The van der Waals surface area contributed by atoms with Gasteiger partial charge in [-0.05, 0) is 35.9 Å². The van der Waals surface area contributed by atoms with Gasteiger partial charge in [-0.1, -0.05) is 18.2 Å². The van der Waals surface area contributed by atoms with Gasteiger partial charge in [0.2, 0.25) is 0 Å². The minimum Gasteiger partial charge on any atom is -0.478 e. The molecule has 2 N–H and O–H groups in total. The Bertz CT molecular complexity index is 638. The third-order valence-corrected chi connectivity index (χ3v) is 2.74. The van der Waals surface area contributed by atoms with Gasteiger partial charge in [-0.3, -0.25) is 4.79 Å². The average Bonchev–Trinajstić information content (AvgIpc) is 2.45. The summed E-state index contributed by atoms with van der Waals surface area (Å²) in [6.07, 6.45) is 0. The van der Waals surface area contributed by atoms with E-state index in [1.807, 2.05) is 0 Å². The van der Waals surface area contributed by atoms with E-state index >= 15 is 0 Å². The predicted molar refractivity (Wildman–Crippen MR) is 71.0 cm³/mol. The summed E-state index contributed by atoms with van der Waals surface area (Å²) in [7, 11) is 0. The molecule has 102 valence electrons. The number of carbonyl (C=O) groups excluding carboxylic acids is 1.